The van der Waals surface area contributed by atoms with Crippen LogP contribution < -0.4 is 5.32 Å². The lowest BCUT2D eigenvalue weighted by Crippen LogP contribution is -2.24. The number of hydrogen-bond acceptors (Lipinski definition) is 2. The molecule has 20 heavy (non-hydrogen) atoms. The highest BCUT2D eigenvalue weighted by atomic mass is 35.5. The highest BCUT2D eigenvalue weighted by molar-refractivity contribution is 6.30. The normalized spacial score (nSPS) is 12.6. The fourth-order valence-electron chi connectivity index (χ4n) is 2.14. The summed E-state index contributed by atoms with van der Waals surface area (Å²) >= 11 is 5.84. The average Bonchev–Trinajstić information content (AvgIpc) is 2.86. The fourth-order valence-corrected chi connectivity index (χ4v) is 2.33. The molecular weight excluding hydrogens is 277 g/mol. The first-order valence-corrected chi connectivity index (χ1v) is 7.13. The molecule has 108 valence electrons. The molecule has 1 aromatic carbocycles. The molecule has 0 saturated carbocycles. The van der Waals surface area contributed by atoms with Crippen molar-refractivity contribution in [2.45, 2.75) is 25.8 Å². The molecule has 1 N–H and O–H groups in total. The lowest BCUT2D eigenvalue weighted by Gasteiger charge is -2.17. The highest BCUT2D eigenvalue weighted by Gasteiger charge is 2.17. The van der Waals surface area contributed by atoms with Crippen molar-refractivity contribution in [3.8, 4) is 0 Å². The Hall–Kier alpha value is -1.39. The number of nitrogens with zero attached hydrogens (tertiary/aromatic N) is 2. The van der Waals surface area contributed by atoms with Crippen molar-refractivity contribution in [2.24, 2.45) is 7.05 Å². The third kappa shape index (κ3) is 3.58. The van der Waals surface area contributed by atoms with Crippen LogP contribution in [0.2, 0.25) is 5.02 Å². The molecule has 0 aliphatic rings. The highest BCUT2D eigenvalue weighted by Crippen LogP contribution is 2.23. The Kier molecular flexibility index (Phi) is 5.15. The molecule has 0 aliphatic heterocycles. The van der Waals surface area contributed by atoms with Gasteiger partial charge in [0.05, 0.1) is 23.1 Å². The summed E-state index contributed by atoms with van der Waals surface area (Å²) in [6.07, 6.45) is 5.25. The van der Waals surface area contributed by atoms with Gasteiger partial charge in [-0.05, 0) is 31.0 Å². The molecule has 1 atom stereocenters. The number of aromatic nitrogens is 2. The number of rotatable bonds is 6. The smallest absolute Gasteiger partial charge is 0.145 e. The zero-order valence-corrected chi connectivity index (χ0v) is 12.5. The van der Waals surface area contributed by atoms with Crippen molar-refractivity contribution in [2.75, 3.05) is 6.54 Å². The van der Waals surface area contributed by atoms with Gasteiger partial charge in [0.25, 0.3) is 0 Å². The minimum absolute atomic E-state index is 0.0101. The molecule has 1 aromatic heterocycles. The molecule has 0 spiro atoms. The topological polar surface area (TPSA) is 29.9 Å². The number of aryl methyl sites for hydroxylation is 1. The van der Waals surface area contributed by atoms with Crippen LogP contribution in [0.4, 0.5) is 4.39 Å². The summed E-state index contributed by atoms with van der Waals surface area (Å²) in [5.41, 5.74) is 1.53. The number of imidazole rings is 1. The molecule has 0 radical (unpaired) electrons. The third-order valence-electron chi connectivity index (χ3n) is 3.18. The van der Waals surface area contributed by atoms with E-state index in [1.165, 1.54) is 0 Å². The standard InChI is InChI=1S/C15H19ClFN3/c1-3-7-18-13(14-9-20(2)10-19-14)8-11-5-4-6-12(16)15(11)17/h4-6,9-10,13,18H,3,7-8H2,1-2H3. The summed E-state index contributed by atoms with van der Waals surface area (Å²) in [5, 5.41) is 3.57. The molecule has 5 heteroatoms. The van der Waals surface area contributed by atoms with Crippen molar-refractivity contribution < 1.29 is 4.39 Å². The van der Waals surface area contributed by atoms with E-state index in [4.69, 9.17) is 11.6 Å². The Morgan fingerprint density at radius 3 is 2.90 bits per heavy atom. The minimum atomic E-state index is -0.339. The van der Waals surface area contributed by atoms with Crippen molar-refractivity contribution in [1.29, 1.82) is 0 Å². The van der Waals surface area contributed by atoms with E-state index in [0.29, 0.717) is 12.0 Å². The van der Waals surface area contributed by atoms with Gasteiger partial charge in [-0.3, -0.25) is 0 Å². The van der Waals surface area contributed by atoms with E-state index >= 15 is 0 Å². The maximum Gasteiger partial charge on any atom is 0.145 e. The number of halogens is 2. The lowest BCUT2D eigenvalue weighted by molar-refractivity contribution is 0.504. The molecule has 1 unspecified atom stereocenters. The summed E-state index contributed by atoms with van der Waals surface area (Å²) in [5.74, 6) is -0.339. The van der Waals surface area contributed by atoms with Gasteiger partial charge in [-0.15, -0.1) is 0 Å². The zero-order valence-electron chi connectivity index (χ0n) is 11.7. The van der Waals surface area contributed by atoms with Crippen molar-refractivity contribution in [3.05, 3.63) is 52.8 Å². The number of hydrogen-bond donors (Lipinski definition) is 1. The summed E-state index contributed by atoms with van der Waals surface area (Å²) in [4.78, 5) is 4.36. The molecule has 0 aliphatic carbocycles. The van der Waals surface area contributed by atoms with Crippen molar-refractivity contribution in [3.63, 3.8) is 0 Å². The van der Waals surface area contributed by atoms with Gasteiger partial charge in [-0.1, -0.05) is 30.7 Å². The van der Waals surface area contributed by atoms with Gasteiger partial charge in [0.1, 0.15) is 5.82 Å². The first kappa shape index (κ1) is 15.0. The first-order valence-electron chi connectivity index (χ1n) is 6.76. The van der Waals surface area contributed by atoms with Crippen LogP contribution in [0, 0.1) is 5.82 Å². The molecule has 3 nitrogen and oxygen atoms in total. The largest absolute Gasteiger partial charge is 0.340 e. The van der Waals surface area contributed by atoms with E-state index in [1.807, 2.05) is 17.8 Å². The van der Waals surface area contributed by atoms with E-state index in [1.54, 1.807) is 24.5 Å². The van der Waals surface area contributed by atoms with E-state index in [0.717, 1.165) is 18.7 Å². The maximum absolute atomic E-state index is 14.0. The van der Waals surface area contributed by atoms with Gasteiger partial charge < -0.3 is 9.88 Å². The second-order valence-corrected chi connectivity index (χ2v) is 5.29. The second kappa shape index (κ2) is 6.86. The summed E-state index contributed by atoms with van der Waals surface area (Å²) < 4.78 is 15.9. The first-order chi connectivity index (χ1) is 9.61. The Bertz CT molecular complexity index is 568. The second-order valence-electron chi connectivity index (χ2n) is 4.89. The van der Waals surface area contributed by atoms with Gasteiger partial charge >= 0.3 is 0 Å². The summed E-state index contributed by atoms with van der Waals surface area (Å²) in [7, 11) is 1.92. The van der Waals surface area contributed by atoms with Crippen LogP contribution in [0.5, 0.6) is 0 Å². The molecule has 2 rings (SSSR count). The van der Waals surface area contributed by atoms with Gasteiger partial charge in [-0.25, -0.2) is 9.37 Å². The maximum atomic E-state index is 14.0. The molecule has 0 bridgehead atoms. The molecule has 0 saturated heterocycles. The van der Waals surface area contributed by atoms with Crippen LogP contribution in [-0.4, -0.2) is 16.1 Å². The molecule has 0 fully saturated rings. The third-order valence-corrected chi connectivity index (χ3v) is 3.47. The van der Waals surface area contributed by atoms with Crippen LogP contribution in [0.3, 0.4) is 0 Å². The van der Waals surface area contributed by atoms with Crippen LogP contribution in [0.1, 0.15) is 30.6 Å². The Labute approximate surface area is 123 Å². The van der Waals surface area contributed by atoms with Crippen LogP contribution >= 0.6 is 11.6 Å². The molecule has 2 aromatic rings. The van der Waals surface area contributed by atoms with Gasteiger partial charge in [-0.2, -0.15) is 0 Å². The predicted octanol–water partition coefficient (Wildman–Crippen LogP) is 3.50. The quantitative estimate of drug-likeness (QED) is 0.884. The van der Waals surface area contributed by atoms with E-state index in [2.05, 4.69) is 17.2 Å². The molecular formula is C15H19ClFN3. The average molecular weight is 296 g/mol. The number of nitrogens with one attached hydrogen (secondary N) is 1. The van der Waals surface area contributed by atoms with E-state index in [9.17, 15) is 4.39 Å². The lowest BCUT2D eigenvalue weighted by atomic mass is 10.0. The predicted molar refractivity (Wildman–Crippen MR) is 79.4 cm³/mol. The fraction of sp³-hybridized carbons (Fsp3) is 0.400. The summed E-state index contributed by atoms with van der Waals surface area (Å²) in [6, 6.07) is 5.10. The van der Waals surface area contributed by atoms with Crippen LogP contribution in [0.25, 0.3) is 0 Å². The van der Waals surface area contributed by atoms with Crippen molar-refractivity contribution >= 4 is 11.6 Å². The summed E-state index contributed by atoms with van der Waals surface area (Å²) in [6.45, 7) is 2.96. The minimum Gasteiger partial charge on any atom is -0.340 e. The van der Waals surface area contributed by atoms with E-state index in [-0.39, 0.29) is 16.9 Å². The molecule has 1 heterocycles. The monoisotopic (exact) mass is 295 g/mol. The van der Waals surface area contributed by atoms with Crippen LogP contribution in [-0.2, 0) is 13.5 Å². The Balaban J connectivity index is 2.21. The van der Waals surface area contributed by atoms with Gasteiger partial charge in [0, 0.05) is 13.2 Å². The van der Waals surface area contributed by atoms with Crippen LogP contribution in [0.15, 0.2) is 30.7 Å². The van der Waals surface area contributed by atoms with Gasteiger partial charge in [0.2, 0.25) is 0 Å². The van der Waals surface area contributed by atoms with Gasteiger partial charge in [0.15, 0.2) is 0 Å². The Morgan fingerprint density at radius 1 is 1.45 bits per heavy atom. The zero-order chi connectivity index (χ0) is 14.5. The van der Waals surface area contributed by atoms with E-state index < -0.39 is 0 Å². The van der Waals surface area contributed by atoms with Crippen molar-refractivity contribution in [1.82, 2.24) is 14.9 Å². The number of benzene rings is 1. The Morgan fingerprint density at radius 2 is 2.25 bits per heavy atom. The SMILES string of the molecule is CCCNC(Cc1cccc(Cl)c1F)c1cn(C)cn1. The molecule has 0 amide bonds.